The van der Waals surface area contributed by atoms with Crippen LogP contribution >= 0.6 is 12.4 Å². The molecule has 2 aliphatic rings. The molecule has 1 aliphatic heterocycles. The molecule has 0 spiro atoms. The second-order valence-electron chi connectivity index (χ2n) is 5.77. The minimum Gasteiger partial charge on any atom is -0.391 e. The third-order valence-electron chi connectivity index (χ3n) is 4.30. The average molecular weight is 291 g/mol. The van der Waals surface area contributed by atoms with Gasteiger partial charge in [-0.3, -0.25) is 4.79 Å². The van der Waals surface area contributed by atoms with Gasteiger partial charge in [-0.05, 0) is 38.1 Å². The number of amides is 1. The maximum atomic E-state index is 11.7. The minimum atomic E-state index is -0.356. The van der Waals surface area contributed by atoms with Crippen LogP contribution in [0.25, 0.3) is 0 Å². The van der Waals surface area contributed by atoms with Crippen LogP contribution in [0.4, 0.5) is 0 Å². The van der Waals surface area contributed by atoms with Crippen LogP contribution in [0.2, 0.25) is 0 Å². The van der Waals surface area contributed by atoms with Gasteiger partial charge >= 0.3 is 0 Å². The lowest BCUT2D eigenvalue weighted by molar-refractivity contribution is -0.122. The lowest BCUT2D eigenvalue weighted by Crippen LogP contribution is -2.39. The number of aliphatic hydroxyl groups excluding tert-OH is 1. The van der Waals surface area contributed by atoms with Crippen LogP contribution < -0.4 is 10.6 Å². The SMILES string of the molecule is Cl.O=C(CC1CCCN1)NCC(O)C1CCCCC1. The first-order chi connectivity index (χ1) is 8.75. The Morgan fingerprint density at radius 1 is 1.21 bits per heavy atom. The van der Waals surface area contributed by atoms with E-state index < -0.39 is 0 Å². The number of hydrogen-bond donors (Lipinski definition) is 3. The molecule has 1 heterocycles. The van der Waals surface area contributed by atoms with Gasteiger partial charge in [-0.25, -0.2) is 0 Å². The van der Waals surface area contributed by atoms with E-state index in [1.807, 2.05) is 0 Å². The fourth-order valence-electron chi connectivity index (χ4n) is 3.13. The Morgan fingerprint density at radius 2 is 1.95 bits per heavy atom. The van der Waals surface area contributed by atoms with E-state index in [1.165, 1.54) is 25.7 Å². The normalized spacial score (nSPS) is 25.6. The van der Waals surface area contributed by atoms with Gasteiger partial charge in [0.25, 0.3) is 0 Å². The van der Waals surface area contributed by atoms with Crippen LogP contribution in [-0.2, 0) is 4.79 Å². The number of hydrogen-bond acceptors (Lipinski definition) is 3. The Kier molecular flexibility index (Phi) is 7.73. The van der Waals surface area contributed by atoms with Gasteiger partial charge in [-0.15, -0.1) is 12.4 Å². The van der Waals surface area contributed by atoms with Gasteiger partial charge in [0.15, 0.2) is 0 Å². The molecule has 0 aromatic heterocycles. The molecule has 1 aliphatic carbocycles. The summed E-state index contributed by atoms with van der Waals surface area (Å²) in [5.74, 6) is 0.466. The largest absolute Gasteiger partial charge is 0.391 e. The molecule has 5 heteroatoms. The van der Waals surface area contributed by atoms with E-state index in [4.69, 9.17) is 0 Å². The average Bonchev–Trinajstić information content (AvgIpc) is 2.90. The van der Waals surface area contributed by atoms with Gasteiger partial charge in [-0.1, -0.05) is 19.3 Å². The zero-order valence-corrected chi connectivity index (χ0v) is 12.4. The molecule has 1 amide bonds. The molecule has 2 unspecified atom stereocenters. The number of rotatable bonds is 5. The minimum absolute atomic E-state index is 0. The van der Waals surface area contributed by atoms with Gasteiger partial charge in [0, 0.05) is 19.0 Å². The molecule has 19 heavy (non-hydrogen) atoms. The Bertz CT molecular complexity index is 264. The van der Waals surface area contributed by atoms with Crippen LogP contribution in [0, 0.1) is 5.92 Å². The quantitative estimate of drug-likeness (QED) is 0.721. The summed E-state index contributed by atoms with van der Waals surface area (Å²) in [6.07, 6.45) is 8.43. The van der Waals surface area contributed by atoms with Crippen molar-refractivity contribution in [1.82, 2.24) is 10.6 Å². The lowest BCUT2D eigenvalue weighted by atomic mass is 9.85. The van der Waals surface area contributed by atoms with Crippen LogP contribution in [0.5, 0.6) is 0 Å². The summed E-state index contributed by atoms with van der Waals surface area (Å²) in [6, 6.07) is 0.344. The molecular weight excluding hydrogens is 264 g/mol. The number of carbonyl (C=O) groups excluding carboxylic acids is 1. The first kappa shape index (κ1) is 16.7. The van der Waals surface area contributed by atoms with E-state index in [-0.39, 0.29) is 24.4 Å². The molecule has 3 N–H and O–H groups in total. The summed E-state index contributed by atoms with van der Waals surface area (Å²) in [6.45, 7) is 1.46. The van der Waals surface area contributed by atoms with Crippen molar-refractivity contribution in [3.63, 3.8) is 0 Å². The first-order valence-electron chi connectivity index (χ1n) is 7.44. The van der Waals surface area contributed by atoms with E-state index >= 15 is 0 Å². The molecular formula is C14H27ClN2O2. The van der Waals surface area contributed by atoms with E-state index in [1.54, 1.807) is 0 Å². The van der Waals surface area contributed by atoms with Crippen molar-refractivity contribution in [2.75, 3.05) is 13.1 Å². The predicted molar refractivity (Wildman–Crippen MR) is 78.5 cm³/mol. The molecule has 0 aromatic rings. The monoisotopic (exact) mass is 290 g/mol. The Balaban J connectivity index is 0.00000180. The smallest absolute Gasteiger partial charge is 0.221 e. The molecule has 112 valence electrons. The zero-order chi connectivity index (χ0) is 12.8. The zero-order valence-electron chi connectivity index (χ0n) is 11.6. The van der Waals surface area contributed by atoms with Gasteiger partial charge in [-0.2, -0.15) is 0 Å². The number of nitrogens with one attached hydrogen (secondary N) is 2. The fourth-order valence-corrected chi connectivity index (χ4v) is 3.13. The maximum Gasteiger partial charge on any atom is 0.221 e. The van der Waals surface area contributed by atoms with Crippen molar-refractivity contribution in [2.45, 2.75) is 63.5 Å². The predicted octanol–water partition coefficient (Wildman–Crippen LogP) is 1.61. The second kappa shape index (κ2) is 8.77. The molecule has 0 aromatic carbocycles. The fraction of sp³-hybridized carbons (Fsp3) is 0.929. The molecule has 4 nitrogen and oxygen atoms in total. The topological polar surface area (TPSA) is 61.4 Å². The summed E-state index contributed by atoms with van der Waals surface area (Å²) in [4.78, 5) is 11.7. The van der Waals surface area contributed by atoms with Crippen LogP contribution in [0.3, 0.4) is 0 Å². The van der Waals surface area contributed by atoms with E-state index in [2.05, 4.69) is 10.6 Å². The maximum absolute atomic E-state index is 11.7. The van der Waals surface area contributed by atoms with Crippen LogP contribution in [0.15, 0.2) is 0 Å². The Hall–Kier alpha value is -0.320. The van der Waals surface area contributed by atoms with Crippen LogP contribution in [0.1, 0.15) is 51.4 Å². The third-order valence-corrected chi connectivity index (χ3v) is 4.30. The van der Waals surface area contributed by atoms with E-state index in [0.29, 0.717) is 24.9 Å². The molecule has 1 saturated carbocycles. The highest BCUT2D eigenvalue weighted by molar-refractivity contribution is 5.85. The number of carbonyl (C=O) groups is 1. The van der Waals surface area contributed by atoms with Crippen molar-refractivity contribution in [3.05, 3.63) is 0 Å². The van der Waals surface area contributed by atoms with Gasteiger partial charge in [0.2, 0.25) is 5.91 Å². The highest BCUT2D eigenvalue weighted by Crippen LogP contribution is 2.26. The lowest BCUT2D eigenvalue weighted by Gasteiger charge is -2.26. The van der Waals surface area contributed by atoms with Crippen molar-refractivity contribution in [3.8, 4) is 0 Å². The Morgan fingerprint density at radius 3 is 2.58 bits per heavy atom. The molecule has 2 rings (SSSR count). The summed E-state index contributed by atoms with van der Waals surface area (Å²) in [5.41, 5.74) is 0. The Labute approximate surface area is 122 Å². The summed E-state index contributed by atoms with van der Waals surface area (Å²) in [5, 5.41) is 16.2. The highest BCUT2D eigenvalue weighted by Gasteiger charge is 2.23. The van der Waals surface area contributed by atoms with Crippen molar-refractivity contribution >= 4 is 18.3 Å². The van der Waals surface area contributed by atoms with Gasteiger partial charge in [0.05, 0.1) is 6.10 Å². The van der Waals surface area contributed by atoms with E-state index in [0.717, 1.165) is 25.8 Å². The molecule has 1 saturated heterocycles. The number of aliphatic hydroxyl groups is 1. The van der Waals surface area contributed by atoms with Gasteiger partial charge in [0.1, 0.15) is 0 Å². The summed E-state index contributed by atoms with van der Waals surface area (Å²) in [7, 11) is 0. The molecule has 2 atom stereocenters. The van der Waals surface area contributed by atoms with E-state index in [9.17, 15) is 9.90 Å². The molecule has 2 fully saturated rings. The first-order valence-corrected chi connectivity index (χ1v) is 7.44. The summed E-state index contributed by atoms with van der Waals surface area (Å²) >= 11 is 0. The standard InChI is InChI=1S/C14H26N2O2.ClH/c17-13(11-5-2-1-3-6-11)10-16-14(18)9-12-7-4-8-15-12;/h11-13,15,17H,1-10H2,(H,16,18);1H. The molecule has 0 radical (unpaired) electrons. The van der Waals surface area contributed by atoms with Gasteiger partial charge < -0.3 is 15.7 Å². The third kappa shape index (κ3) is 5.67. The molecule has 0 bridgehead atoms. The summed E-state index contributed by atoms with van der Waals surface area (Å²) < 4.78 is 0. The number of halogens is 1. The van der Waals surface area contributed by atoms with Crippen LogP contribution in [-0.4, -0.2) is 36.2 Å². The van der Waals surface area contributed by atoms with Crippen molar-refractivity contribution in [1.29, 1.82) is 0 Å². The van der Waals surface area contributed by atoms with Crippen molar-refractivity contribution < 1.29 is 9.90 Å². The highest BCUT2D eigenvalue weighted by atomic mass is 35.5. The second-order valence-corrected chi connectivity index (χ2v) is 5.77. The van der Waals surface area contributed by atoms with Crippen molar-refractivity contribution in [2.24, 2.45) is 5.92 Å².